The molecule has 0 aromatic heterocycles. The van der Waals surface area contributed by atoms with Crippen LogP contribution in [0, 0.1) is 17.2 Å². The van der Waals surface area contributed by atoms with E-state index in [1.807, 2.05) is 19.1 Å². The number of ether oxygens (including phenoxy) is 1. The SMILES string of the molecule is CCN(CC(C)C#N)C(=O)CCOc1ccccc1N. The molecule has 0 bridgehead atoms. The van der Waals surface area contributed by atoms with Gasteiger partial charge in [-0.2, -0.15) is 5.26 Å². The summed E-state index contributed by atoms with van der Waals surface area (Å²) in [6, 6.07) is 9.32. The first-order chi connectivity index (χ1) is 9.58. The van der Waals surface area contributed by atoms with E-state index < -0.39 is 0 Å². The van der Waals surface area contributed by atoms with Crippen LogP contribution in [0.25, 0.3) is 0 Å². The van der Waals surface area contributed by atoms with E-state index in [9.17, 15) is 4.79 Å². The predicted octanol–water partition coefficient (Wildman–Crippen LogP) is 2.05. The second kappa shape index (κ2) is 8.05. The molecule has 1 aromatic rings. The summed E-state index contributed by atoms with van der Waals surface area (Å²) in [5.74, 6) is 0.419. The fraction of sp³-hybridized carbons (Fsp3) is 0.467. The maximum absolute atomic E-state index is 12.0. The summed E-state index contributed by atoms with van der Waals surface area (Å²) < 4.78 is 5.50. The van der Waals surface area contributed by atoms with Crippen molar-refractivity contribution in [3.8, 4) is 11.8 Å². The highest BCUT2D eigenvalue weighted by Crippen LogP contribution is 2.19. The topological polar surface area (TPSA) is 79.3 Å². The Morgan fingerprint density at radius 1 is 1.50 bits per heavy atom. The maximum Gasteiger partial charge on any atom is 0.226 e. The van der Waals surface area contributed by atoms with Crippen LogP contribution in [0.5, 0.6) is 5.75 Å². The van der Waals surface area contributed by atoms with Crippen LogP contribution < -0.4 is 10.5 Å². The van der Waals surface area contributed by atoms with Crippen molar-refractivity contribution in [2.75, 3.05) is 25.4 Å². The minimum absolute atomic E-state index is 0.0101. The molecule has 1 rings (SSSR count). The first-order valence-corrected chi connectivity index (χ1v) is 6.73. The molecule has 0 aliphatic heterocycles. The summed E-state index contributed by atoms with van der Waals surface area (Å²) in [7, 11) is 0. The molecule has 1 unspecified atom stereocenters. The van der Waals surface area contributed by atoms with Gasteiger partial charge in [-0.05, 0) is 26.0 Å². The highest BCUT2D eigenvalue weighted by molar-refractivity contribution is 5.76. The number of nitrogen functional groups attached to an aromatic ring is 1. The first kappa shape index (κ1) is 15.8. The highest BCUT2D eigenvalue weighted by Gasteiger charge is 2.14. The number of carbonyl (C=O) groups is 1. The van der Waals surface area contributed by atoms with Crippen molar-refractivity contribution in [3.05, 3.63) is 24.3 Å². The molecule has 0 radical (unpaired) electrons. The van der Waals surface area contributed by atoms with E-state index in [-0.39, 0.29) is 24.9 Å². The van der Waals surface area contributed by atoms with Crippen molar-refractivity contribution in [2.24, 2.45) is 5.92 Å². The first-order valence-electron chi connectivity index (χ1n) is 6.73. The summed E-state index contributed by atoms with van der Waals surface area (Å²) in [5.41, 5.74) is 6.31. The fourth-order valence-corrected chi connectivity index (χ4v) is 1.80. The van der Waals surface area contributed by atoms with Crippen molar-refractivity contribution < 1.29 is 9.53 Å². The number of rotatable bonds is 7. The van der Waals surface area contributed by atoms with E-state index in [4.69, 9.17) is 15.7 Å². The van der Waals surface area contributed by atoms with Crippen LogP contribution in [0.1, 0.15) is 20.3 Å². The van der Waals surface area contributed by atoms with E-state index in [0.717, 1.165) is 0 Å². The zero-order chi connectivity index (χ0) is 15.0. The summed E-state index contributed by atoms with van der Waals surface area (Å²) >= 11 is 0. The maximum atomic E-state index is 12.0. The molecule has 0 saturated carbocycles. The number of amides is 1. The lowest BCUT2D eigenvalue weighted by Crippen LogP contribution is -2.35. The van der Waals surface area contributed by atoms with Crippen LogP contribution in [0.4, 0.5) is 5.69 Å². The lowest BCUT2D eigenvalue weighted by atomic mass is 10.2. The fourth-order valence-electron chi connectivity index (χ4n) is 1.80. The lowest BCUT2D eigenvalue weighted by Gasteiger charge is -2.22. The van der Waals surface area contributed by atoms with Crippen LogP contribution >= 0.6 is 0 Å². The Hall–Kier alpha value is -2.22. The zero-order valence-electron chi connectivity index (χ0n) is 12.0. The van der Waals surface area contributed by atoms with Crippen molar-refractivity contribution in [2.45, 2.75) is 20.3 Å². The molecular formula is C15H21N3O2. The van der Waals surface area contributed by atoms with Gasteiger partial charge in [0.05, 0.1) is 30.7 Å². The van der Waals surface area contributed by atoms with Crippen LogP contribution in [-0.4, -0.2) is 30.5 Å². The summed E-state index contributed by atoms with van der Waals surface area (Å²) in [5, 5.41) is 8.79. The molecule has 0 aliphatic carbocycles. The minimum atomic E-state index is -0.162. The third-order valence-electron chi connectivity index (χ3n) is 2.94. The number of hydrogen-bond acceptors (Lipinski definition) is 4. The summed E-state index contributed by atoms with van der Waals surface area (Å²) in [6.07, 6.45) is 0.278. The largest absolute Gasteiger partial charge is 0.491 e. The molecule has 2 N–H and O–H groups in total. The number of nitrogens with two attached hydrogens (primary N) is 1. The van der Waals surface area contributed by atoms with Gasteiger partial charge in [0.25, 0.3) is 0 Å². The van der Waals surface area contributed by atoms with Gasteiger partial charge in [0.15, 0.2) is 0 Å². The van der Waals surface area contributed by atoms with Gasteiger partial charge >= 0.3 is 0 Å². The summed E-state index contributed by atoms with van der Waals surface area (Å²) in [6.45, 7) is 5.04. The van der Waals surface area contributed by atoms with Gasteiger partial charge in [0, 0.05) is 13.1 Å². The number of para-hydroxylation sites is 2. The van der Waals surface area contributed by atoms with Gasteiger partial charge in [-0.1, -0.05) is 12.1 Å². The molecule has 0 saturated heterocycles. The highest BCUT2D eigenvalue weighted by atomic mass is 16.5. The molecule has 0 fully saturated rings. The molecule has 0 aliphatic rings. The Labute approximate surface area is 119 Å². The smallest absolute Gasteiger partial charge is 0.226 e. The number of nitriles is 1. The number of carbonyl (C=O) groups excluding carboxylic acids is 1. The van der Waals surface area contributed by atoms with Crippen molar-refractivity contribution in [3.63, 3.8) is 0 Å². The molecule has 5 nitrogen and oxygen atoms in total. The molecule has 108 valence electrons. The van der Waals surface area contributed by atoms with E-state index in [1.165, 1.54) is 0 Å². The monoisotopic (exact) mass is 275 g/mol. The van der Waals surface area contributed by atoms with Crippen LogP contribution in [0.3, 0.4) is 0 Å². The molecule has 1 atom stereocenters. The van der Waals surface area contributed by atoms with Crippen molar-refractivity contribution >= 4 is 11.6 Å². The van der Waals surface area contributed by atoms with Gasteiger partial charge in [-0.3, -0.25) is 4.79 Å². The van der Waals surface area contributed by atoms with Gasteiger partial charge in [-0.15, -0.1) is 0 Å². The Morgan fingerprint density at radius 3 is 2.80 bits per heavy atom. The number of nitrogens with zero attached hydrogens (tertiary/aromatic N) is 2. The third kappa shape index (κ3) is 4.81. The zero-order valence-corrected chi connectivity index (χ0v) is 12.0. The van der Waals surface area contributed by atoms with Crippen LogP contribution in [0.2, 0.25) is 0 Å². The van der Waals surface area contributed by atoms with Gasteiger partial charge in [0.1, 0.15) is 5.75 Å². The van der Waals surface area contributed by atoms with Crippen molar-refractivity contribution in [1.29, 1.82) is 5.26 Å². The third-order valence-corrected chi connectivity index (χ3v) is 2.94. The molecule has 0 spiro atoms. The molecule has 5 heteroatoms. The van der Waals surface area contributed by atoms with E-state index in [1.54, 1.807) is 24.0 Å². The Kier molecular flexibility index (Phi) is 6.38. The summed E-state index contributed by atoms with van der Waals surface area (Å²) in [4.78, 5) is 13.7. The average molecular weight is 275 g/mol. The Morgan fingerprint density at radius 2 is 2.20 bits per heavy atom. The number of anilines is 1. The van der Waals surface area contributed by atoms with Crippen LogP contribution in [-0.2, 0) is 4.79 Å². The van der Waals surface area contributed by atoms with Gasteiger partial charge in [0.2, 0.25) is 5.91 Å². The second-order valence-electron chi connectivity index (χ2n) is 4.60. The van der Waals surface area contributed by atoms with Crippen LogP contribution in [0.15, 0.2) is 24.3 Å². The number of benzene rings is 1. The molecule has 20 heavy (non-hydrogen) atoms. The molecular weight excluding hydrogens is 254 g/mol. The quantitative estimate of drug-likeness (QED) is 0.772. The average Bonchev–Trinajstić information content (AvgIpc) is 2.46. The number of hydrogen-bond donors (Lipinski definition) is 1. The molecule has 1 aromatic carbocycles. The van der Waals surface area contributed by atoms with Gasteiger partial charge < -0.3 is 15.4 Å². The van der Waals surface area contributed by atoms with Gasteiger partial charge in [-0.25, -0.2) is 0 Å². The van der Waals surface area contributed by atoms with E-state index >= 15 is 0 Å². The Bertz CT molecular complexity index is 482. The molecule has 1 amide bonds. The Balaban J connectivity index is 2.42. The predicted molar refractivity (Wildman–Crippen MR) is 78.0 cm³/mol. The standard InChI is InChI=1S/C15H21N3O2/c1-3-18(11-12(2)10-16)15(19)8-9-20-14-7-5-4-6-13(14)17/h4-7,12H,3,8-9,11,17H2,1-2H3. The normalized spacial score (nSPS) is 11.4. The second-order valence-corrected chi connectivity index (χ2v) is 4.60. The van der Waals surface area contributed by atoms with E-state index in [2.05, 4.69) is 6.07 Å². The molecule has 0 heterocycles. The minimum Gasteiger partial charge on any atom is -0.491 e. The lowest BCUT2D eigenvalue weighted by molar-refractivity contribution is -0.131. The van der Waals surface area contributed by atoms with Crippen molar-refractivity contribution in [1.82, 2.24) is 4.90 Å². The van der Waals surface area contributed by atoms with E-state index in [0.29, 0.717) is 24.5 Å².